The fourth-order valence-corrected chi connectivity index (χ4v) is 3.31. The molecule has 0 radical (unpaired) electrons. The Kier molecular flexibility index (Phi) is 5.76. The number of methoxy groups -OCH3 is 2. The normalized spacial score (nSPS) is 16.7. The second-order valence-electron chi connectivity index (χ2n) is 6.54. The Morgan fingerprint density at radius 3 is 2.67 bits per heavy atom. The van der Waals surface area contributed by atoms with E-state index in [2.05, 4.69) is 5.32 Å². The van der Waals surface area contributed by atoms with Crippen LogP contribution in [-0.4, -0.2) is 56.7 Å². The van der Waals surface area contributed by atoms with Crippen molar-refractivity contribution in [2.75, 3.05) is 33.9 Å². The summed E-state index contributed by atoms with van der Waals surface area (Å²) in [6, 6.07) is 12.7. The van der Waals surface area contributed by atoms with Gasteiger partial charge >= 0.3 is 5.97 Å². The molecule has 6 nitrogen and oxygen atoms in total. The maximum atomic E-state index is 13.0. The number of hydrogen-bond donors (Lipinski definition) is 1. The third kappa shape index (κ3) is 3.95. The van der Waals surface area contributed by atoms with Gasteiger partial charge in [0.05, 0.1) is 19.8 Å². The smallest absolute Gasteiger partial charge is 0.338 e. The van der Waals surface area contributed by atoms with Gasteiger partial charge in [-0.2, -0.15) is 0 Å². The van der Waals surface area contributed by atoms with E-state index in [9.17, 15) is 9.59 Å². The zero-order valence-electron chi connectivity index (χ0n) is 15.8. The summed E-state index contributed by atoms with van der Waals surface area (Å²) in [4.78, 5) is 27.1. The van der Waals surface area contributed by atoms with E-state index in [4.69, 9.17) is 9.47 Å². The van der Waals surface area contributed by atoms with Gasteiger partial charge < -0.3 is 19.7 Å². The van der Waals surface area contributed by atoms with Crippen molar-refractivity contribution in [3.05, 3.63) is 53.6 Å². The van der Waals surface area contributed by atoms with Gasteiger partial charge in [0, 0.05) is 31.2 Å². The summed E-state index contributed by atoms with van der Waals surface area (Å²) in [6.07, 6.45) is 0. The molecule has 0 aliphatic carbocycles. The molecule has 142 valence electrons. The number of benzene rings is 2. The molecule has 3 rings (SSSR count). The van der Waals surface area contributed by atoms with Crippen LogP contribution in [0.2, 0.25) is 0 Å². The maximum absolute atomic E-state index is 13.0. The van der Waals surface area contributed by atoms with E-state index in [1.54, 1.807) is 19.2 Å². The van der Waals surface area contributed by atoms with Crippen molar-refractivity contribution >= 4 is 11.9 Å². The van der Waals surface area contributed by atoms with Crippen molar-refractivity contribution in [2.45, 2.75) is 13.0 Å². The van der Waals surface area contributed by atoms with Crippen molar-refractivity contribution in [3.8, 4) is 16.9 Å². The zero-order chi connectivity index (χ0) is 19.4. The highest BCUT2D eigenvalue weighted by molar-refractivity contribution is 6.00. The number of amides is 1. The van der Waals surface area contributed by atoms with Crippen LogP contribution in [0.4, 0.5) is 0 Å². The minimum atomic E-state index is -0.448. The van der Waals surface area contributed by atoms with E-state index in [-0.39, 0.29) is 11.9 Å². The van der Waals surface area contributed by atoms with Crippen LogP contribution in [0.15, 0.2) is 42.5 Å². The molecule has 2 aromatic rings. The minimum absolute atomic E-state index is 0.000945. The van der Waals surface area contributed by atoms with Crippen molar-refractivity contribution in [1.29, 1.82) is 0 Å². The Morgan fingerprint density at radius 2 is 1.96 bits per heavy atom. The minimum Gasteiger partial charge on any atom is -0.497 e. The topological polar surface area (TPSA) is 67.9 Å². The number of carbonyl (C=O) groups excluding carboxylic acids is 2. The van der Waals surface area contributed by atoms with Gasteiger partial charge in [0.25, 0.3) is 5.91 Å². The van der Waals surface area contributed by atoms with Crippen molar-refractivity contribution in [2.24, 2.45) is 0 Å². The lowest BCUT2D eigenvalue weighted by Gasteiger charge is -2.34. The largest absolute Gasteiger partial charge is 0.497 e. The van der Waals surface area contributed by atoms with Gasteiger partial charge in [-0.15, -0.1) is 0 Å². The molecular formula is C21H24N2O4. The number of ether oxygens (including phenoxy) is 2. The lowest BCUT2D eigenvalue weighted by Crippen LogP contribution is -2.52. The fourth-order valence-electron chi connectivity index (χ4n) is 3.31. The molecule has 1 aliphatic rings. The molecule has 27 heavy (non-hydrogen) atoms. The zero-order valence-corrected chi connectivity index (χ0v) is 15.8. The quantitative estimate of drug-likeness (QED) is 0.840. The first-order chi connectivity index (χ1) is 13.0. The van der Waals surface area contributed by atoms with Gasteiger partial charge in [-0.3, -0.25) is 4.79 Å². The highest BCUT2D eigenvalue weighted by Crippen LogP contribution is 2.29. The molecule has 2 aromatic carbocycles. The van der Waals surface area contributed by atoms with Crippen molar-refractivity contribution in [3.63, 3.8) is 0 Å². The van der Waals surface area contributed by atoms with Crippen LogP contribution in [0.1, 0.15) is 27.6 Å². The van der Waals surface area contributed by atoms with Gasteiger partial charge in [-0.1, -0.05) is 12.1 Å². The molecule has 1 heterocycles. The Bertz CT molecular complexity index is 850. The van der Waals surface area contributed by atoms with Gasteiger partial charge in [0.2, 0.25) is 0 Å². The Balaban J connectivity index is 1.98. The number of hydrogen-bond acceptors (Lipinski definition) is 5. The first kappa shape index (κ1) is 18.9. The number of nitrogens with one attached hydrogen (secondary N) is 1. The Hall–Kier alpha value is -2.86. The Morgan fingerprint density at radius 1 is 1.15 bits per heavy atom. The van der Waals surface area contributed by atoms with Crippen molar-refractivity contribution in [1.82, 2.24) is 10.2 Å². The summed E-state index contributed by atoms with van der Waals surface area (Å²) in [5, 5.41) is 3.29. The third-order valence-corrected chi connectivity index (χ3v) is 4.81. The van der Waals surface area contributed by atoms with Crippen LogP contribution in [0, 0.1) is 0 Å². The fraction of sp³-hybridized carbons (Fsp3) is 0.333. The summed E-state index contributed by atoms with van der Waals surface area (Å²) >= 11 is 0. The molecule has 0 aromatic heterocycles. The predicted octanol–water partition coefficient (Wildman–Crippen LogP) is 2.58. The molecule has 1 unspecified atom stereocenters. The summed E-state index contributed by atoms with van der Waals surface area (Å²) in [7, 11) is 2.89. The molecule has 0 bridgehead atoms. The van der Waals surface area contributed by atoms with E-state index in [0.717, 1.165) is 18.7 Å². The van der Waals surface area contributed by atoms with Crippen LogP contribution < -0.4 is 10.1 Å². The molecule has 1 amide bonds. The summed E-state index contributed by atoms with van der Waals surface area (Å²) in [5.41, 5.74) is 2.49. The Labute approximate surface area is 159 Å². The predicted molar refractivity (Wildman–Crippen MR) is 103 cm³/mol. The van der Waals surface area contributed by atoms with Gasteiger partial charge in [0.1, 0.15) is 5.75 Å². The maximum Gasteiger partial charge on any atom is 0.338 e. The summed E-state index contributed by atoms with van der Waals surface area (Å²) in [6.45, 7) is 4.30. The van der Waals surface area contributed by atoms with Crippen molar-refractivity contribution < 1.29 is 19.1 Å². The lowest BCUT2D eigenvalue weighted by atomic mass is 9.97. The summed E-state index contributed by atoms with van der Waals surface area (Å²) in [5.74, 6) is 0.122. The van der Waals surface area contributed by atoms with E-state index >= 15 is 0 Å². The monoisotopic (exact) mass is 368 g/mol. The molecule has 0 saturated carbocycles. The number of esters is 1. The standard InChI is InChI=1S/C21H24N2O4/c1-14-13-22-9-10-23(14)20(24)16-6-4-5-15(11-16)18-8-7-17(26-2)12-19(18)21(25)27-3/h4-8,11-12,14,22H,9-10,13H2,1-3H3. The lowest BCUT2D eigenvalue weighted by molar-refractivity contribution is 0.0600. The van der Waals surface area contributed by atoms with E-state index in [1.165, 1.54) is 7.11 Å². The van der Waals surface area contributed by atoms with E-state index in [0.29, 0.717) is 29.0 Å². The number of piperazine rings is 1. The SMILES string of the molecule is COC(=O)c1cc(OC)ccc1-c1cccc(C(=O)N2CCNCC2C)c1. The van der Waals surface area contributed by atoms with Gasteiger partial charge in [-0.25, -0.2) is 4.79 Å². The molecular weight excluding hydrogens is 344 g/mol. The number of carbonyl (C=O) groups is 2. The first-order valence-electron chi connectivity index (χ1n) is 8.93. The highest BCUT2D eigenvalue weighted by Gasteiger charge is 2.24. The molecule has 1 fully saturated rings. The van der Waals surface area contributed by atoms with Crippen LogP contribution in [0.3, 0.4) is 0 Å². The third-order valence-electron chi connectivity index (χ3n) is 4.81. The molecule has 1 saturated heterocycles. The molecule has 1 aliphatic heterocycles. The van der Waals surface area contributed by atoms with E-state index < -0.39 is 5.97 Å². The van der Waals surface area contributed by atoms with Crippen LogP contribution >= 0.6 is 0 Å². The second kappa shape index (κ2) is 8.22. The molecule has 1 N–H and O–H groups in total. The van der Waals surface area contributed by atoms with Crippen LogP contribution in [-0.2, 0) is 4.74 Å². The second-order valence-corrected chi connectivity index (χ2v) is 6.54. The van der Waals surface area contributed by atoms with Crippen LogP contribution in [0.25, 0.3) is 11.1 Å². The van der Waals surface area contributed by atoms with Crippen LogP contribution in [0.5, 0.6) is 5.75 Å². The van der Waals surface area contributed by atoms with Gasteiger partial charge in [0.15, 0.2) is 0 Å². The molecule has 0 spiro atoms. The molecule has 6 heteroatoms. The average Bonchev–Trinajstić information content (AvgIpc) is 2.72. The number of nitrogens with zero attached hydrogens (tertiary/aromatic N) is 1. The highest BCUT2D eigenvalue weighted by atomic mass is 16.5. The van der Waals surface area contributed by atoms with Gasteiger partial charge in [-0.05, 0) is 48.4 Å². The van der Waals surface area contributed by atoms with E-state index in [1.807, 2.05) is 42.2 Å². The average molecular weight is 368 g/mol. The number of rotatable bonds is 4. The molecule has 1 atom stereocenters. The first-order valence-corrected chi connectivity index (χ1v) is 8.93. The summed E-state index contributed by atoms with van der Waals surface area (Å²) < 4.78 is 10.1.